The van der Waals surface area contributed by atoms with Gasteiger partial charge in [0.15, 0.2) is 5.65 Å². The molecule has 0 aliphatic carbocycles. The average molecular weight is 749 g/mol. The topological polar surface area (TPSA) is 178 Å². The molecule has 0 radical (unpaired) electrons. The number of rotatable bonds is 12. The Kier molecular flexibility index (Phi) is 10.5. The molecule has 3 aromatic heterocycles. The largest absolute Gasteiger partial charge is 0.388 e. The molecule has 0 saturated carbocycles. The zero-order valence-electron chi connectivity index (χ0n) is 29.2. The molecule has 3 aromatic carbocycles. The molecule has 2 amide bonds. The van der Waals surface area contributed by atoms with Gasteiger partial charge in [0.1, 0.15) is 11.7 Å². The van der Waals surface area contributed by atoms with Crippen LogP contribution < -0.4 is 10.9 Å². The van der Waals surface area contributed by atoms with Crippen LogP contribution in [0.4, 0.5) is 5.69 Å². The molecule has 1 aliphatic rings. The number of likely N-dealkylation sites (tertiary alicyclic amines) is 1. The van der Waals surface area contributed by atoms with Gasteiger partial charge < -0.3 is 15.3 Å². The van der Waals surface area contributed by atoms with Crippen LogP contribution in [0.2, 0.25) is 5.02 Å². The van der Waals surface area contributed by atoms with Crippen LogP contribution in [0.1, 0.15) is 41.6 Å². The Morgan fingerprint density at radius 1 is 1.00 bits per heavy atom. The quantitative estimate of drug-likeness (QED) is 0.0977. The van der Waals surface area contributed by atoms with Gasteiger partial charge >= 0.3 is 0 Å². The molecule has 2 N–H and O–H groups in total. The number of fused-ring (bicyclic) bond motifs is 2. The third-order valence-electron chi connectivity index (χ3n) is 9.95. The van der Waals surface area contributed by atoms with Gasteiger partial charge in [-0.15, -0.1) is 0 Å². The second kappa shape index (κ2) is 15.5. The highest BCUT2D eigenvalue weighted by atomic mass is 35.5. The fourth-order valence-electron chi connectivity index (χ4n) is 6.98. The fourth-order valence-corrected chi connectivity index (χ4v) is 7.20. The summed E-state index contributed by atoms with van der Waals surface area (Å²) in [6, 6.07) is 22.6. The lowest BCUT2D eigenvalue weighted by Crippen LogP contribution is -2.51. The van der Waals surface area contributed by atoms with Gasteiger partial charge in [0.05, 0.1) is 39.5 Å². The molecule has 0 bridgehead atoms. The number of halogens is 1. The zero-order chi connectivity index (χ0) is 37.8. The smallest absolute Gasteiger partial charge is 0.271 e. The summed E-state index contributed by atoms with van der Waals surface area (Å²) < 4.78 is 2.71. The van der Waals surface area contributed by atoms with Gasteiger partial charge in [-0.2, -0.15) is 5.10 Å². The number of hydrogen-bond donors (Lipinski definition) is 2. The molecule has 14 nitrogen and oxygen atoms in total. The lowest BCUT2D eigenvalue weighted by atomic mass is 9.88. The molecule has 1 saturated heterocycles. The normalized spacial score (nSPS) is 14.6. The third-order valence-corrected chi connectivity index (χ3v) is 10.3. The Morgan fingerprint density at radius 2 is 1.80 bits per heavy atom. The van der Waals surface area contributed by atoms with Gasteiger partial charge in [-0.25, -0.2) is 9.67 Å². The second-order valence-electron chi connectivity index (χ2n) is 13.6. The van der Waals surface area contributed by atoms with Crippen molar-refractivity contribution in [2.45, 2.75) is 44.2 Å². The first-order valence-corrected chi connectivity index (χ1v) is 18.0. The number of amides is 2. The van der Waals surface area contributed by atoms with E-state index in [2.05, 4.69) is 20.4 Å². The molecule has 15 heteroatoms. The SMILES string of the molecule is O=C(NCCCC(Cc1ccccc1)C(=O)N1CCC(O)(Cn2cnc3c(cnn3-c3cccc([N+](=O)[O-])c3)c2=O)CC1)c1ccc2c(Cl)ccnc2c1. The van der Waals surface area contributed by atoms with Crippen LogP contribution in [-0.2, 0) is 17.8 Å². The number of carbonyl (C=O) groups excluding carboxylic acids is 2. The van der Waals surface area contributed by atoms with E-state index in [0.29, 0.717) is 60.7 Å². The highest BCUT2D eigenvalue weighted by Gasteiger charge is 2.36. The van der Waals surface area contributed by atoms with Crippen molar-refractivity contribution < 1.29 is 19.6 Å². The summed E-state index contributed by atoms with van der Waals surface area (Å²) in [6.45, 7) is 0.987. The van der Waals surface area contributed by atoms with E-state index in [1.54, 1.807) is 41.4 Å². The van der Waals surface area contributed by atoms with Crippen molar-refractivity contribution in [3.63, 3.8) is 0 Å². The Balaban J connectivity index is 0.977. The van der Waals surface area contributed by atoms with E-state index >= 15 is 0 Å². The van der Waals surface area contributed by atoms with Crippen molar-refractivity contribution in [3.8, 4) is 5.69 Å². The van der Waals surface area contributed by atoms with Crippen LogP contribution in [0.3, 0.4) is 0 Å². The molecule has 0 spiro atoms. The Labute approximate surface area is 314 Å². The number of nitrogens with zero attached hydrogens (tertiary/aromatic N) is 7. The van der Waals surface area contributed by atoms with Crippen molar-refractivity contribution >= 4 is 51.0 Å². The minimum Gasteiger partial charge on any atom is -0.388 e. The van der Waals surface area contributed by atoms with E-state index in [1.165, 1.54) is 40.0 Å². The van der Waals surface area contributed by atoms with Gasteiger partial charge in [0.2, 0.25) is 5.91 Å². The average Bonchev–Trinajstić information content (AvgIpc) is 3.62. The van der Waals surface area contributed by atoms with Crippen LogP contribution in [-0.4, -0.2) is 76.3 Å². The fraction of sp³-hybridized carbons (Fsp3) is 0.282. The van der Waals surface area contributed by atoms with Gasteiger partial charge in [0, 0.05) is 54.8 Å². The molecule has 1 unspecified atom stereocenters. The number of non-ortho nitro benzene ring substituents is 1. The lowest BCUT2D eigenvalue weighted by molar-refractivity contribution is -0.384. The first kappa shape index (κ1) is 36.4. The van der Waals surface area contributed by atoms with Crippen LogP contribution in [0.25, 0.3) is 27.6 Å². The number of piperidine rings is 1. The molecular weight excluding hydrogens is 712 g/mol. The maximum atomic E-state index is 14.0. The van der Waals surface area contributed by atoms with E-state index < -0.39 is 16.1 Å². The summed E-state index contributed by atoms with van der Waals surface area (Å²) in [5.41, 5.74) is 0.998. The summed E-state index contributed by atoms with van der Waals surface area (Å²) in [5, 5.41) is 31.6. The molecule has 1 fully saturated rings. The number of carbonyl (C=O) groups is 2. The zero-order valence-corrected chi connectivity index (χ0v) is 29.9. The number of nitro benzene ring substituents is 1. The summed E-state index contributed by atoms with van der Waals surface area (Å²) in [6.07, 6.45) is 6.50. The van der Waals surface area contributed by atoms with E-state index in [-0.39, 0.29) is 53.8 Å². The predicted molar refractivity (Wildman–Crippen MR) is 202 cm³/mol. The molecule has 4 heterocycles. The highest BCUT2D eigenvalue weighted by molar-refractivity contribution is 6.35. The number of nitrogens with one attached hydrogen (secondary N) is 1. The minimum absolute atomic E-state index is 0.0153. The van der Waals surface area contributed by atoms with Crippen molar-refractivity contribution in [1.82, 2.24) is 34.5 Å². The minimum atomic E-state index is -1.26. The number of aliphatic hydroxyl groups is 1. The van der Waals surface area contributed by atoms with Gasteiger partial charge in [-0.1, -0.05) is 54.1 Å². The number of nitro groups is 1. The number of pyridine rings is 1. The number of benzene rings is 3. The number of hydrogen-bond acceptors (Lipinski definition) is 9. The highest BCUT2D eigenvalue weighted by Crippen LogP contribution is 2.28. The monoisotopic (exact) mass is 748 g/mol. The third kappa shape index (κ3) is 7.84. The Hall–Kier alpha value is -5.99. The molecule has 1 aliphatic heterocycles. The molecule has 7 rings (SSSR count). The standard InChI is InChI=1S/C39H37ClN8O6/c40-33-13-17-41-34-21-27(11-12-31(33)34)36(49)42-16-5-8-28(20-26-6-2-1-3-7-26)37(50)45-18-14-39(52,15-19-45)24-46-25-43-35-32(38(46)51)23-44-47(35)29-9-4-10-30(22-29)48(53)54/h1-4,6-7,9-13,17,21-23,25,28,52H,5,8,14-16,18-20,24H2,(H,42,49). The Morgan fingerprint density at radius 3 is 2.57 bits per heavy atom. The Bertz CT molecular complexity index is 2410. The lowest BCUT2D eigenvalue weighted by Gasteiger charge is -2.39. The molecule has 276 valence electrons. The van der Waals surface area contributed by atoms with Gasteiger partial charge in [-0.05, 0) is 61.9 Å². The summed E-state index contributed by atoms with van der Waals surface area (Å²) in [4.78, 5) is 61.6. The predicted octanol–water partition coefficient (Wildman–Crippen LogP) is 5.11. The van der Waals surface area contributed by atoms with Gasteiger partial charge in [-0.3, -0.25) is 34.0 Å². The van der Waals surface area contributed by atoms with Crippen LogP contribution in [0.15, 0.2) is 102 Å². The number of aromatic nitrogens is 5. The maximum Gasteiger partial charge on any atom is 0.271 e. The van der Waals surface area contributed by atoms with E-state index in [1.807, 2.05) is 30.3 Å². The van der Waals surface area contributed by atoms with Crippen LogP contribution in [0.5, 0.6) is 0 Å². The van der Waals surface area contributed by atoms with Crippen molar-refractivity contribution in [1.29, 1.82) is 0 Å². The molecule has 54 heavy (non-hydrogen) atoms. The first-order valence-electron chi connectivity index (χ1n) is 17.6. The molecule has 6 aromatic rings. The summed E-state index contributed by atoms with van der Waals surface area (Å²) in [7, 11) is 0. The van der Waals surface area contributed by atoms with Crippen molar-refractivity contribution in [3.05, 3.63) is 134 Å². The van der Waals surface area contributed by atoms with E-state index in [0.717, 1.165) is 10.9 Å². The van der Waals surface area contributed by atoms with Crippen molar-refractivity contribution in [2.75, 3.05) is 19.6 Å². The molecular formula is C39H37ClN8O6. The van der Waals surface area contributed by atoms with Crippen LogP contribution in [0, 0.1) is 16.0 Å². The maximum absolute atomic E-state index is 14.0. The molecule has 1 atom stereocenters. The van der Waals surface area contributed by atoms with Crippen molar-refractivity contribution in [2.24, 2.45) is 5.92 Å². The van der Waals surface area contributed by atoms with E-state index in [9.17, 15) is 29.6 Å². The van der Waals surface area contributed by atoms with Gasteiger partial charge in [0.25, 0.3) is 17.2 Å². The summed E-state index contributed by atoms with van der Waals surface area (Å²) >= 11 is 6.24. The second-order valence-corrected chi connectivity index (χ2v) is 14.0. The summed E-state index contributed by atoms with van der Waals surface area (Å²) in [5.74, 6) is -0.581. The van der Waals surface area contributed by atoms with Crippen LogP contribution >= 0.6 is 11.6 Å². The first-order chi connectivity index (χ1) is 26.1. The van der Waals surface area contributed by atoms with E-state index in [4.69, 9.17) is 11.6 Å².